The molecule has 0 aromatic carbocycles. The maximum Gasteiger partial charge on any atom is 0.308 e. The van der Waals surface area contributed by atoms with E-state index in [1.165, 1.54) is 7.11 Å². The molecule has 1 saturated heterocycles. The minimum atomic E-state index is -0.260. The molecule has 1 aromatic heterocycles. The summed E-state index contributed by atoms with van der Waals surface area (Å²) in [5, 5.41) is 0. The van der Waals surface area contributed by atoms with Crippen LogP contribution in [0.25, 0.3) is 0 Å². The van der Waals surface area contributed by atoms with E-state index in [4.69, 9.17) is 10.5 Å². The molecule has 0 aliphatic carbocycles. The van der Waals surface area contributed by atoms with Crippen LogP contribution >= 0.6 is 0 Å². The van der Waals surface area contributed by atoms with Crippen molar-refractivity contribution in [2.45, 2.75) is 12.5 Å². The fraction of sp³-hybridized carbons (Fsp3) is 0.500. The number of anilines is 2. The van der Waals surface area contributed by atoms with Crippen molar-refractivity contribution in [1.29, 1.82) is 0 Å². The van der Waals surface area contributed by atoms with Crippen LogP contribution in [-0.2, 0) is 14.3 Å². The van der Waals surface area contributed by atoms with Crippen LogP contribution in [0.1, 0.15) is 6.42 Å². The van der Waals surface area contributed by atoms with Gasteiger partial charge in [0.05, 0.1) is 43.8 Å². The number of nitrogens with two attached hydrogens (primary N) is 1. The summed E-state index contributed by atoms with van der Waals surface area (Å²) in [6.45, 7) is 1.96. The molecule has 1 atom stereocenters. The molecule has 0 saturated carbocycles. The Morgan fingerprint density at radius 3 is 3.28 bits per heavy atom. The number of carbonyl (C=O) groups excluding carboxylic acids is 1. The first-order valence-electron chi connectivity index (χ1n) is 5.83. The topological polar surface area (TPSA) is 77.7 Å². The van der Waals surface area contributed by atoms with E-state index in [0.717, 1.165) is 12.2 Å². The monoisotopic (exact) mass is 251 g/mol. The van der Waals surface area contributed by atoms with E-state index in [2.05, 4.69) is 14.6 Å². The molecule has 0 amide bonds. The van der Waals surface area contributed by atoms with Crippen LogP contribution < -0.4 is 10.6 Å². The number of hydrogen-bond donors (Lipinski definition) is 1. The van der Waals surface area contributed by atoms with E-state index in [1.54, 1.807) is 12.4 Å². The molecule has 1 unspecified atom stereocenters. The zero-order valence-electron chi connectivity index (χ0n) is 10.3. The standard InChI is InChI=1S/C12H17N3O3/c1-17-12(16)6-9-8-15(4-5-18-9)11-2-3-14-7-10(11)13/h2-3,7,9H,4-6,8,13H2,1H3. The van der Waals surface area contributed by atoms with Crippen LogP contribution in [0.3, 0.4) is 0 Å². The second kappa shape index (κ2) is 5.68. The van der Waals surface area contributed by atoms with Crippen LogP contribution in [-0.4, -0.2) is 43.9 Å². The highest BCUT2D eigenvalue weighted by atomic mass is 16.5. The van der Waals surface area contributed by atoms with E-state index in [0.29, 0.717) is 18.8 Å². The smallest absolute Gasteiger partial charge is 0.308 e. The van der Waals surface area contributed by atoms with Gasteiger partial charge >= 0.3 is 5.97 Å². The lowest BCUT2D eigenvalue weighted by molar-refractivity contribution is -0.144. The Morgan fingerprint density at radius 2 is 2.56 bits per heavy atom. The average molecular weight is 251 g/mol. The van der Waals surface area contributed by atoms with Gasteiger partial charge in [0.1, 0.15) is 0 Å². The first-order valence-corrected chi connectivity index (χ1v) is 5.83. The van der Waals surface area contributed by atoms with Gasteiger partial charge < -0.3 is 20.1 Å². The minimum absolute atomic E-state index is 0.154. The lowest BCUT2D eigenvalue weighted by atomic mass is 10.2. The molecule has 1 aliphatic rings. The molecule has 0 radical (unpaired) electrons. The minimum Gasteiger partial charge on any atom is -0.469 e. The van der Waals surface area contributed by atoms with E-state index in [-0.39, 0.29) is 18.5 Å². The highest BCUT2D eigenvalue weighted by molar-refractivity contribution is 5.70. The van der Waals surface area contributed by atoms with Crippen LogP contribution in [0.5, 0.6) is 0 Å². The third-order valence-corrected chi connectivity index (χ3v) is 2.93. The van der Waals surface area contributed by atoms with E-state index < -0.39 is 0 Å². The van der Waals surface area contributed by atoms with Crippen molar-refractivity contribution in [2.75, 3.05) is 37.4 Å². The summed E-state index contributed by atoms with van der Waals surface area (Å²) in [5.74, 6) is -0.260. The number of carbonyl (C=O) groups is 1. The summed E-state index contributed by atoms with van der Waals surface area (Å²) in [7, 11) is 1.38. The molecule has 2 N–H and O–H groups in total. The van der Waals surface area contributed by atoms with E-state index in [9.17, 15) is 4.79 Å². The van der Waals surface area contributed by atoms with Crippen molar-refractivity contribution in [3.63, 3.8) is 0 Å². The number of nitrogens with zero attached hydrogens (tertiary/aromatic N) is 2. The molecule has 0 spiro atoms. The number of esters is 1. The van der Waals surface area contributed by atoms with Crippen LogP contribution in [0.15, 0.2) is 18.5 Å². The quantitative estimate of drug-likeness (QED) is 0.785. The van der Waals surface area contributed by atoms with Crippen molar-refractivity contribution < 1.29 is 14.3 Å². The summed E-state index contributed by atoms with van der Waals surface area (Å²) in [4.78, 5) is 17.3. The van der Waals surface area contributed by atoms with Crippen molar-refractivity contribution >= 4 is 17.3 Å². The van der Waals surface area contributed by atoms with Gasteiger partial charge in [-0.05, 0) is 6.07 Å². The fourth-order valence-electron chi connectivity index (χ4n) is 2.02. The summed E-state index contributed by atoms with van der Waals surface area (Å²) in [6.07, 6.45) is 3.44. The number of nitrogen functional groups attached to an aromatic ring is 1. The average Bonchev–Trinajstić information content (AvgIpc) is 2.39. The third kappa shape index (κ3) is 2.89. The number of hydrogen-bond acceptors (Lipinski definition) is 6. The molecule has 18 heavy (non-hydrogen) atoms. The maximum absolute atomic E-state index is 11.2. The molecular formula is C12H17N3O3. The number of rotatable bonds is 3. The van der Waals surface area contributed by atoms with Gasteiger partial charge in [-0.1, -0.05) is 0 Å². The number of ether oxygens (including phenoxy) is 2. The Hall–Kier alpha value is -1.82. The van der Waals surface area contributed by atoms with Crippen LogP contribution in [0.2, 0.25) is 0 Å². The third-order valence-electron chi connectivity index (χ3n) is 2.93. The molecule has 98 valence electrons. The molecule has 0 bridgehead atoms. The molecule has 6 heteroatoms. The van der Waals surface area contributed by atoms with Gasteiger partial charge in [-0.2, -0.15) is 0 Å². The lowest BCUT2D eigenvalue weighted by Gasteiger charge is -2.34. The molecule has 2 heterocycles. The molecule has 1 aliphatic heterocycles. The van der Waals surface area contributed by atoms with Gasteiger partial charge in [-0.3, -0.25) is 9.78 Å². The second-order valence-corrected chi connectivity index (χ2v) is 4.15. The van der Waals surface area contributed by atoms with Gasteiger partial charge in [0, 0.05) is 19.3 Å². The summed E-state index contributed by atoms with van der Waals surface area (Å²) >= 11 is 0. The highest BCUT2D eigenvalue weighted by Crippen LogP contribution is 2.24. The van der Waals surface area contributed by atoms with Gasteiger partial charge in [0.15, 0.2) is 0 Å². The maximum atomic E-state index is 11.2. The summed E-state index contributed by atoms with van der Waals surface area (Å²) < 4.78 is 10.2. The Labute approximate surface area is 106 Å². The molecule has 2 rings (SSSR count). The van der Waals surface area contributed by atoms with Crippen molar-refractivity contribution in [3.05, 3.63) is 18.5 Å². The van der Waals surface area contributed by atoms with Gasteiger partial charge in [0.2, 0.25) is 0 Å². The fourth-order valence-corrected chi connectivity index (χ4v) is 2.02. The molecule has 1 aromatic rings. The summed E-state index contributed by atoms with van der Waals surface area (Å²) in [5.41, 5.74) is 7.46. The first-order chi connectivity index (χ1) is 8.70. The molecule has 6 nitrogen and oxygen atoms in total. The van der Waals surface area contributed by atoms with Crippen LogP contribution in [0.4, 0.5) is 11.4 Å². The zero-order chi connectivity index (χ0) is 13.0. The lowest BCUT2D eigenvalue weighted by Crippen LogP contribution is -2.43. The zero-order valence-corrected chi connectivity index (χ0v) is 10.3. The Morgan fingerprint density at radius 1 is 1.72 bits per heavy atom. The predicted molar refractivity (Wildman–Crippen MR) is 67.2 cm³/mol. The van der Waals surface area contributed by atoms with Crippen molar-refractivity contribution in [2.24, 2.45) is 0 Å². The largest absolute Gasteiger partial charge is 0.469 e. The SMILES string of the molecule is COC(=O)CC1CN(c2ccncc2N)CCO1. The number of morpholine rings is 1. The van der Waals surface area contributed by atoms with E-state index in [1.807, 2.05) is 6.07 Å². The Kier molecular flexibility index (Phi) is 3.99. The number of pyridine rings is 1. The Bertz CT molecular complexity index is 425. The van der Waals surface area contributed by atoms with Crippen LogP contribution in [0, 0.1) is 0 Å². The molecular weight excluding hydrogens is 234 g/mol. The normalized spacial score (nSPS) is 19.6. The van der Waals surface area contributed by atoms with Gasteiger partial charge in [-0.15, -0.1) is 0 Å². The molecule has 1 fully saturated rings. The van der Waals surface area contributed by atoms with E-state index >= 15 is 0 Å². The van der Waals surface area contributed by atoms with Crippen molar-refractivity contribution in [3.8, 4) is 0 Å². The summed E-state index contributed by atoms with van der Waals surface area (Å²) in [6, 6.07) is 1.87. The highest BCUT2D eigenvalue weighted by Gasteiger charge is 2.24. The second-order valence-electron chi connectivity index (χ2n) is 4.15. The van der Waals surface area contributed by atoms with Crippen molar-refractivity contribution in [1.82, 2.24) is 4.98 Å². The number of aromatic nitrogens is 1. The van der Waals surface area contributed by atoms with Gasteiger partial charge in [-0.25, -0.2) is 0 Å². The number of methoxy groups -OCH3 is 1. The first kappa shape index (κ1) is 12.6. The predicted octanol–water partition coefficient (Wildman–Crippen LogP) is 0.432. The van der Waals surface area contributed by atoms with Gasteiger partial charge in [0.25, 0.3) is 0 Å². The Balaban J connectivity index is 2.03.